The van der Waals surface area contributed by atoms with Crippen LogP contribution in [0.1, 0.15) is 52.8 Å². The second-order valence-corrected chi connectivity index (χ2v) is 12.6. The fraction of sp³-hybridized carbons (Fsp3) is 0.276. The van der Waals surface area contributed by atoms with Crippen LogP contribution in [0.4, 0.5) is 14.5 Å². The summed E-state index contributed by atoms with van der Waals surface area (Å²) in [4.78, 5) is 13.0. The molecule has 1 atom stereocenters. The molecule has 1 aliphatic rings. The quantitative estimate of drug-likeness (QED) is 0.227. The van der Waals surface area contributed by atoms with Gasteiger partial charge in [-0.25, -0.2) is 17.2 Å². The van der Waals surface area contributed by atoms with E-state index in [-0.39, 0.29) is 34.7 Å². The number of sulfonamides is 1. The molecule has 2 N–H and O–H groups in total. The summed E-state index contributed by atoms with van der Waals surface area (Å²) in [5, 5.41) is 14.0. The van der Waals surface area contributed by atoms with Gasteiger partial charge in [0.25, 0.3) is 5.91 Å². The van der Waals surface area contributed by atoms with Crippen LogP contribution < -0.4 is 9.62 Å². The van der Waals surface area contributed by atoms with Crippen molar-refractivity contribution in [2.24, 2.45) is 0 Å². The van der Waals surface area contributed by atoms with Crippen molar-refractivity contribution in [2.45, 2.75) is 31.3 Å². The van der Waals surface area contributed by atoms with Crippen LogP contribution in [-0.2, 0) is 10.0 Å². The predicted molar refractivity (Wildman–Crippen MR) is 153 cm³/mol. The van der Waals surface area contributed by atoms with Crippen LogP contribution in [0, 0.1) is 11.6 Å². The summed E-state index contributed by atoms with van der Waals surface area (Å²) in [7, 11) is -2.32. The molecule has 1 aromatic heterocycles. The number of carbonyl (C=O) groups is 1. The minimum atomic E-state index is -3.82. The number of aliphatic hydroxyl groups is 1. The van der Waals surface area contributed by atoms with Crippen molar-refractivity contribution in [3.63, 3.8) is 0 Å². The van der Waals surface area contributed by atoms with Crippen molar-refractivity contribution >= 4 is 48.5 Å². The number of hydrogen-bond acceptors (Lipinski definition) is 5. The maximum absolute atomic E-state index is 14.0. The summed E-state index contributed by atoms with van der Waals surface area (Å²) >= 11 is 3.16. The number of halogens is 3. The lowest BCUT2D eigenvalue weighted by Gasteiger charge is -2.26. The number of fused-ring (bicyclic) bond motifs is 1. The van der Waals surface area contributed by atoms with Crippen LogP contribution in [-0.4, -0.2) is 39.3 Å². The number of hydrogen-bond donors (Lipinski definition) is 2. The van der Waals surface area contributed by atoms with Crippen LogP contribution >= 0.6 is 15.9 Å². The fourth-order valence-electron chi connectivity index (χ4n) is 4.88. The molecular formula is C29H27BrF2N2O5S. The molecule has 1 aliphatic carbocycles. The third-order valence-electron chi connectivity index (χ3n) is 7.03. The van der Waals surface area contributed by atoms with E-state index in [2.05, 4.69) is 21.2 Å². The first-order valence-electron chi connectivity index (χ1n) is 12.7. The van der Waals surface area contributed by atoms with Crippen LogP contribution in [0.25, 0.3) is 22.3 Å². The smallest absolute Gasteiger partial charge is 0.255 e. The summed E-state index contributed by atoms with van der Waals surface area (Å²) in [5.74, 6) is -1.02. The molecule has 7 nitrogen and oxygen atoms in total. The minimum absolute atomic E-state index is 0.000256. The molecule has 40 heavy (non-hydrogen) atoms. The van der Waals surface area contributed by atoms with Crippen molar-refractivity contribution in [1.82, 2.24) is 5.32 Å². The summed E-state index contributed by atoms with van der Waals surface area (Å²) in [6, 6.07) is 13.3. The SMILES string of the molecule is CNC(=O)c1c(-c2ccc(F)cc2)oc2cc(N(CCC(O)c3cccc(F)c3Br)S(C)(=O)=O)c(C3CC3)cc12. The lowest BCUT2D eigenvalue weighted by molar-refractivity contribution is 0.0964. The molecule has 4 aromatic rings. The number of amides is 1. The Bertz CT molecular complexity index is 1700. The second-order valence-electron chi connectivity index (χ2n) is 9.86. The van der Waals surface area contributed by atoms with Gasteiger partial charge in [-0.3, -0.25) is 9.10 Å². The molecule has 11 heteroatoms. The maximum atomic E-state index is 14.0. The zero-order chi connectivity index (χ0) is 28.8. The zero-order valence-corrected chi connectivity index (χ0v) is 24.2. The summed E-state index contributed by atoms with van der Waals surface area (Å²) < 4.78 is 61.2. The van der Waals surface area contributed by atoms with Crippen molar-refractivity contribution in [3.05, 3.63) is 87.4 Å². The lowest BCUT2D eigenvalue weighted by atomic mass is 10.00. The molecule has 3 aromatic carbocycles. The van der Waals surface area contributed by atoms with Gasteiger partial charge in [-0.1, -0.05) is 12.1 Å². The molecule has 0 radical (unpaired) electrons. The van der Waals surface area contributed by atoms with Gasteiger partial charge in [0.2, 0.25) is 10.0 Å². The Morgan fingerprint density at radius 1 is 1.18 bits per heavy atom. The Morgan fingerprint density at radius 2 is 1.88 bits per heavy atom. The van der Waals surface area contributed by atoms with Crippen LogP contribution in [0.15, 0.2) is 63.5 Å². The molecule has 1 heterocycles. The number of aliphatic hydroxyl groups excluding tert-OH is 1. The first-order valence-corrected chi connectivity index (χ1v) is 15.3. The van der Waals surface area contributed by atoms with Gasteiger partial charge < -0.3 is 14.8 Å². The highest BCUT2D eigenvalue weighted by atomic mass is 79.9. The number of furan rings is 1. The van der Waals surface area contributed by atoms with Crippen LogP contribution in [0.2, 0.25) is 0 Å². The number of anilines is 1. The Balaban J connectivity index is 1.61. The highest BCUT2D eigenvalue weighted by molar-refractivity contribution is 9.10. The van der Waals surface area contributed by atoms with E-state index in [0.29, 0.717) is 27.8 Å². The molecule has 0 aliphatic heterocycles. The Labute approximate surface area is 239 Å². The standard InChI is InChI=1S/C29H27BrF2N2O5S/c1-33-29(36)26-21-14-20(16-6-7-16)23(15-25(21)39-28(26)17-8-10-18(31)11-9-17)34(40(2,37)38)13-12-24(35)19-4-3-5-22(32)27(19)30/h3-5,8-11,14-16,24,35H,6-7,12-13H2,1-2H3,(H,33,36). The molecule has 210 valence electrons. The number of benzene rings is 3. The Kier molecular flexibility index (Phi) is 7.73. The molecule has 1 fully saturated rings. The van der Waals surface area contributed by atoms with Gasteiger partial charge in [0, 0.05) is 30.6 Å². The van der Waals surface area contributed by atoms with Crippen molar-refractivity contribution in [3.8, 4) is 11.3 Å². The van der Waals surface area contributed by atoms with Gasteiger partial charge in [-0.2, -0.15) is 0 Å². The molecule has 1 amide bonds. The number of nitrogens with one attached hydrogen (secondary N) is 1. The molecular weight excluding hydrogens is 606 g/mol. The van der Waals surface area contributed by atoms with Gasteiger partial charge in [-0.05, 0) is 88.6 Å². The summed E-state index contributed by atoms with van der Waals surface area (Å²) in [6.07, 6.45) is 1.66. The molecule has 1 saturated carbocycles. The van der Waals surface area contributed by atoms with E-state index < -0.39 is 33.7 Å². The molecule has 1 unspecified atom stereocenters. The lowest BCUT2D eigenvalue weighted by Crippen LogP contribution is -2.32. The van der Waals surface area contributed by atoms with Gasteiger partial charge >= 0.3 is 0 Å². The largest absolute Gasteiger partial charge is 0.455 e. The fourth-order valence-corrected chi connectivity index (χ4v) is 6.36. The highest BCUT2D eigenvalue weighted by Gasteiger charge is 2.33. The van der Waals surface area contributed by atoms with E-state index in [4.69, 9.17) is 4.42 Å². The van der Waals surface area contributed by atoms with Crippen molar-refractivity contribution in [1.29, 1.82) is 0 Å². The highest BCUT2D eigenvalue weighted by Crippen LogP contribution is 2.48. The average Bonchev–Trinajstić information content (AvgIpc) is 3.69. The van der Waals surface area contributed by atoms with E-state index in [9.17, 15) is 27.1 Å². The molecule has 0 bridgehead atoms. The monoisotopic (exact) mass is 632 g/mol. The molecule has 5 rings (SSSR count). The van der Waals surface area contributed by atoms with E-state index >= 15 is 0 Å². The average molecular weight is 634 g/mol. The maximum Gasteiger partial charge on any atom is 0.255 e. The molecule has 0 spiro atoms. The van der Waals surface area contributed by atoms with Crippen LogP contribution in [0.3, 0.4) is 0 Å². The van der Waals surface area contributed by atoms with E-state index in [0.717, 1.165) is 24.7 Å². The van der Waals surface area contributed by atoms with E-state index in [1.54, 1.807) is 18.2 Å². The number of nitrogens with zero attached hydrogens (tertiary/aromatic N) is 1. The second kappa shape index (κ2) is 10.9. The first kappa shape index (κ1) is 28.3. The zero-order valence-electron chi connectivity index (χ0n) is 21.7. The van der Waals surface area contributed by atoms with E-state index in [1.165, 1.54) is 47.8 Å². The van der Waals surface area contributed by atoms with Gasteiger partial charge in [-0.15, -0.1) is 0 Å². The van der Waals surface area contributed by atoms with Gasteiger partial charge in [0.15, 0.2) is 0 Å². The minimum Gasteiger partial charge on any atom is -0.455 e. The predicted octanol–water partition coefficient (Wildman–Crippen LogP) is 6.27. The van der Waals surface area contributed by atoms with E-state index in [1.807, 2.05) is 0 Å². The van der Waals surface area contributed by atoms with Gasteiger partial charge in [0.05, 0.1) is 28.1 Å². The number of rotatable bonds is 9. The Hall–Kier alpha value is -3.28. The normalized spacial score (nSPS) is 14.3. The summed E-state index contributed by atoms with van der Waals surface area (Å²) in [5.41, 5.74) is 2.52. The van der Waals surface area contributed by atoms with Crippen molar-refractivity contribution in [2.75, 3.05) is 24.2 Å². The number of carbonyl (C=O) groups excluding carboxylic acids is 1. The third-order valence-corrected chi connectivity index (χ3v) is 9.05. The van der Waals surface area contributed by atoms with Gasteiger partial charge in [0.1, 0.15) is 23.0 Å². The Morgan fingerprint density at radius 3 is 2.50 bits per heavy atom. The third kappa shape index (κ3) is 5.50. The first-order chi connectivity index (χ1) is 19.0. The molecule has 0 saturated heterocycles. The van der Waals surface area contributed by atoms with Crippen molar-refractivity contribution < 1.29 is 31.5 Å². The topological polar surface area (TPSA) is 99.8 Å². The summed E-state index contributed by atoms with van der Waals surface area (Å²) in [6.45, 7) is -0.0813. The van der Waals surface area contributed by atoms with Crippen LogP contribution in [0.5, 0.6) is 0 Å².